The molecule has 5 heterocycles. The third-order valence-corrected chi connectivity index (χ3v) is 8.82. The fraction of sp³-hybridized carbons (Fsp3) is 0.536. The van der Waals surface area contributed by atoms with Crippen LogP contribution in [0.15, 0.2) is 24.4 Å². The van der Waals surface area contributed by atoms with Crippen molar-refractivity contribution >= 4 is 23.2 Å². The Balaban J connectivity index is 1.21. The van der Waals surface area contributed by atoms with Crippen LogP contribution in [0.1, 0.15) is 73.3 Å². The highest BCUT2D eigenvalue weighted by Crippen LogP contribution is 2.41. The number of hydrogen-bond donors (Lipinski definition) is 0. The topological polar surface area (TPSA) is 63.0 Å². The van der Waals surface area contributed by atoms with Gasteiger partial charge in [0.25, 0.3) is 5.91 Å². The number of unbranched alkanes of at least 4 members (excludes halogenated alkanes) is 1. The molecule has 0 aliphatic carbocycles. The molecule has 4 atom stereocenters. The summed E-state index contributed by atoms with van der Waals surface area (Å²) in [4.78, 5) is 22.5. The molecular formula is C28H33ClFN5O2. The first kappa shape index (κ1) is 24.6. The number of rotatable bonds is 6. The van der Waals surface area contributed by atoms with Crippen molar-refractivity contribution in [2.45, 2.75) is 84.2 Å². The van der Waals surface area contributed by atoms with E-state index in [4.69, 9.17) is 16.3 Å². The SMILES string of the molecule is CCCCN1[C@@H]2C[C@@H](Oc3cc(F)ccc3C(=O)N3Cc4nn5c(C)c(Cl)cnc5c4C3)C[C@H]1[C@H](C)C2. The number of aromatic nitrogens is 3. The molecular weight excluding hydrogens is 493 g/mol. The van der Waals surface area contributed by atoms with Gasteiger partial charge in [0.15, 0.2) is 5.65 Å². The lowest BCUT2D eigenvalue weighted by atomic mass is 9.96. The normalized spacial score (nSPS) is 25.2. The molecule has 2 fully saturated rings. The van der Waals surface area contributed by atoms with E-state index in [0.29, 0.717) is 53.1 Å². The maximum atomic E-state index is 14.3. The monoisotopic (exact) mass is 525 g/mol. The number of amides is 1. The zero-order chi connectivity index (χ0) is 25.8. The van der Waals surface area contributed by atoms with Gasteiger partial charge < -0.3 is 9.64 Å². The Hall–Kier alpha value is -2.71. The van der Waals surface area contributed by atoms with Crippen LogP contribution in [0, 0.1) is 18.7 Å². The van der Waals surface area contributed by atoms with Crippen molar-refractivity contribution in [1.29, 1.82) is 0 Å². The van der Waals surface area contributed by atoms with Gasteiger partial charge >= 0.3 is 0 Å². The van der Waals surface area contributed by atoms with Gasteiger partial charge in [-0.15, -0.1) is 0 Å². The predicted molar refractivity (Wildman–Crippen MR) is 139 cm³/mol. The minimum Gasteiger partial charge on any atom is -0.489 e. The molecule has 0 N–H and O–H groups in total. The molecule has 2 saturated heterocycles. The number of benzene rings is 1. The molecule has 1 aromatic carbocycles. The van der Waals surface area contributed by atoms with E-state index in [9.17, 15) is 9.18 Å². The van der Waals surface area contributed by atoms with E-state index in [2.05, 4.69) is 28.8 Å². The van der Waals surface area contributed by atoms with Gasteiger partial charge in [-0.1, -0.05) is 31.9 Å². The molecule has 7 nitrogen and oxygen atoms in total. The van der Waals surface area contributed by atoms with E-state index in [0.717, 1.165) is 36.3 Å². The summed E-state index contributed by atoms with van der Waals surface area (Å²) in [6.45, 7) is 8.34. The average Bonchev–Trinajstić information content (AvgIpc) is 3.48. The Labute approximate surface area is 221 Å². The van der Waals surface area contributed by atoms with E-state index in [1.807, 2.05) is 6.92 Å². The summed E-state index contributed by atoms with van der Waals surface area (Å²) in [5.74, 6) is 0.373. The summed E-state index contributed by atoms with van der Waals surface area (Å²) in [6.07, 6.45) is 6.99. The highest BCUT2D eigenvalue weighted by Gasteiger charge is 2.45. The van der Waals surface area contributed by atoms with Crippen molar-refractivity contribution in [1.82, 2.24) is 24.4 Å². The van der Waals surface area contributed by atoms with E-state index >= 15 is 0 Å². The summed E-state index contributed by atoms with van der Waals surface area (Å²) >= 11 is 6.20. The fourth-order valence-corrected chi connectivity index (χ4v) is 6.65. The van der Waals surface area contributed by atoms with Crippen molar-refractivity contribution in [3.63, 3.8) is 0 Å². The van der Waals surface area contributed by atoms with E-state index in [1.165, 1.54) is 31.4 Å². The number of piperidine rings is 1. The number of carbonyl (C=O) groups is 1. The van der Waals surface area contributed by atoms with Gasteiger partial charge in [-0.05, 0) is 50.8 Å². The molecule has 0 saturated carbocycles. The van der Waals surface area contributed by atoms with E-state index in [-0.39, 0.29) is 12.0 Å². The number of aryl methyl sites for hydroxylation is 1. The second-order valence-corrected chi connectivity index (χ2v) is 11.3. The lowest BCUT2D eigenvalue weighted by molar-refractivity contribution is 0.0418. The zero-order valence-electron chi connectivity index (χ0n) is 21.6. The molecule has 0 spiro atoms. The lowest BCUT2D eigenvalue weighted by Crippen LogP contribution is -2.47. The maximum absolute atomic E-state index is 14.3. The predicted octanol–water partition coefficient (Wildman–Crippen LogP) is 5.41. The minimum absolute atomic E-state index is 0.0249. The largest absolute Gasteiger partial charge is 0.489 e. The third-order valence-electron chi connectivity index (χ3n) is 8.45. The van der Waals surface area contributed by atoms with Crippen LogP contribution in [0.4, 0.5) is 4.39 Å². The molecule has 3 aliphatic heterocycles. The maximum Gasteiger partial charge on any atom is 0.258 e. The number of fused-ring (bicyclic) bond motifs is 5. The smallest absolute Gasteiger partial charge is 0.258 e. The Kier molecular flexibility index (Phi) is 6.35. The first-order valence-corrected chi connectivity index (χ1v) is 13.7. The number of halogens is 2. The second-order valence-electron chi connectivity index (χ2n) is 10.9. The van der Waals surface area contributed by atoms with Crippen LogP contribution < -0.4 is 4.74 Å². The molecule has 196 valence electrons. The third kappa shape index (κ3) is 4.28. The van der Waals surface area contributed by atoms with Crippen LogP contribution in [0.3, 0.4) is 0 Å². The summed E-state index contributed by atoms with van der Waals surface area (Å²) in [5, 5.41) is 5.20. The van der Waals surface area contributed by atoms with Crippen molar-refractivity contribution in [2.75, 3.05) is 6.54 Å². The summed E-state index contributed by atoms with van der Waals surface area (Å²) in [7, 11) is 0. The number of ether oxygens (including phenoxy) is 1. The van der Waals surface area contributed by atoms with Crippen LogP contribution in [-0.4, -0.2) is 55.0 Å². The molecule has 3 aromatic rings. The first-order chi connectivity index (χ1) is 17.8. The van der Waals surface area contributed by atoms with Crippen molar-refractivity contribution in [2.24, 2.45) is 5.92 Å². The molecule has 1 amide bonds. The van der Waals surface area contributed by atoms with Crippen molar-refractivity contribution in [3.05, 3.63) is 57.8 Å². The summed E-state index contributed by atoms with van der Waals surface area (Å²) in [6, 6.07) is 5.22. The lowest BCUT2D eigenvalue weighted by Gasteiger charge is -2.39. The van der Waals surface area contributed by atoms with Crippen molar-refractivity contribution in [3.8, 4) is 5.75 Å². The first-order valence-electron chi connectivity index (χ1n) is 13.4. The van der Waals surface area contributed by atoms with Crippen LogP contribution in [0.5, 0.6) is 5.75 Å². The van der Waals surface area contributed by atoms with Crippen molar-refractivity contribution < 1.29 is 13.9 Å². The van der Waals surface area contributed by atoms with Gasteiger partial charge in [0, 0.05) is 36.3 Å². The zero-order valence-corrected chi connectivity index (χ0v) is 22.3. The molecule has 0 radical (unpaired) electrons. The number of hydrogen-bond acceptors (Lipinski definition) is 5. The van der Waals surface area contributed by atoms with Crippen LogP contribution >= 0.6 is 11.6 Å². The molecule has 3 aliphatic rings. The van der Waals surface area contributed by atoms with Gasteiger partial charge in [-0.2, -0.15) is 5.10 Å². The van der Waals surface area contributed by atoms with Gasteiger partial charge in [-0.3, -0.25) is 9.69 Å². The number of nitrogens with zero attached hydrogens (tertiary/aromatic N) is 5. The van der Waals surface area contributed by atoms with Gasteiger partial charge in [0.2, 0.25) is 0 Å². The molecule has 37 heavy (non-hydrogen) atoms. The van der Waals surface area contributed by atoms with Crippen LogP contribution in [-0.2, 0) is 13.1 Å². The Bertz CT molecular complexity index is 1360. The summed E-state index contributed by atoms with van der Waals surface area (Å²) in [5.41, 5.74) is 3.65. The highest BCUT2D eigenvalue weighted by atomic mass is 35.5. The Morgan fingerprint density at radius 2 is 2.08 bits per heavy atom. The Morgan fingerprint density at radius 1 is 1.24 bits per heavy atom. The standard InChI is InChI=1S/C28H33ClFN5O2/c1-4-5-8-34-19-9-16(2)25(34)12-20(11-19)37-26-10-18(30)6-7-21(26)28(36)33-14-22-24(15-33)32-35-17(3)23(29)13-31-27(22)35/h6-7,10,13,16,19-20,25H,4-5,8-9,11-12,14-15H2,1-3H3/t16-,19+,20-,25+/m1/s1. The molecule has 9 heteroatoms. The summed E-state index contributed by atoms with van der Waals surface area (Å²) < 4.78 is 22.5. The second kappa shape index (κ2) is 9.55. The Morgan fingerprint density at radius 3 is 2.86 bits per heavy atom. The van der Waals surface area contributed by atoms with Gasteiger partial charge in [-0.25, -0.2) is 13.9 Å². The molecule has 2 aromatic heterocycles. The van der Waals surface area contributed by atoms with E-state index in [1.54, 1.807) is 21.7 Å². The highest BCUT2D eigenvalue weighted by molar-refractivity contribution is 6.31. The quantitative estimate of drug-likeness (QED) is 0.431. The minimum atomic E-state index is -0.401. The molecule has 6 rings (SSSR count). The van der Waals surface area contributed by atoms with Crippen LogP contribution in [0.25, 0.3) is 5.65 Å². The van der Waals surface area contributed by atoms with Gasteiger partial charge in [0.05, 0.1) is 35.1 Å². The number of carbonyl (C=O) groups excluding carboxylic acids is 1. The van der Waals surface area contributed by atoms with E-state index < -0.39 is 5.82 Å². The average molecular weight is 526 g/mol. The van der Waals surface area contributed by atoms with Gasteiger partial charge in [0.1, 0.15) is 17.7 Å². The molecule has 2 bridgehead atoms. The molecule has 0 unspecified atom stereocenters. The fourth-order valence-electron chi connectivity index (χ4n) is 6.52. The van der Waals surface area contributed by atoms with Crippen LogP contribution in [0.2, 0.25) is 5.02 Å².